The largest absolute Gasteiger partial charge is 0.456 e. The zero-order valence-corrected chi connectivity index (χ0v) is 31.2. The van der Waals surface area contributed by atoms with Gasteiger partial charge in [-0.05, 0) is 110 Å². The van der Waals surface area contributed by atoms with Gasteiger partial charge in [0.15, 0.2) is 0 Å². The predicted octanol–water partition coefficient (Wildman–Crippen LogP) is 14.8. The summed E-state index contributed by atoms with van der Waals surface area (Å²) in [5, 5.41) is 2.21. The normalized spacial score (nSPS) is 12.7. The summed E-state index contributed by atoms with van der Waals surface area (Å²) in [6.45, 7) is 0. The molecule has 10 aromatic rings. The fourth-order valence-corrected chi connectivity index (χ4v) is 9.17. The van der Waals surface area contributed by atoms with Crippen LogP contribution in [0.25, 0.3) is 55.3 Å². The Hall–Kier alpha value is -7.42. The van der Waals surface area contributed by atoms with Crippen molar-refractivity contribution in [2.75, 3.05) is 4.90 Å². The zero-order valence-electron chi connectivity index (χ0n) is 31.2. The van der Waals surface area contributed by atoms with Crippen molar-refractivity contribution in [2.24, 2.45) is 0 Å². The predicted molar refractivity (Wildman–Crippen MR) is 237 cm³/mol. The van der Waals surface area contributed by atoms with Crippen LogP contribution in [0.5, 0.6) is 0 Å². The molecule has 0 radical (unpaired) electrons. The molecule has 1 aliphatic rings. The molecule has 0 amide bonds. The topological polar surface area (TPSA) is 16.4 Å². The molecule has 1 heterocycles. The maximum Gasteiger partial charge on any atom is 0.135 e. The first-order valence-corrected chi connectivity index (χ1v) is 19.6. The number of hydrogen-bond donors (Lipinski definition) is 0. The van der Waals surface area contributed by atoms with E-state index in [1.807, 2.05) is 0 Å². The van der Waals surface area contributed by atoms with Crippen molar-refractivity contribution in [1.82, 2.24) is 0 Å². The lowest BCUT2D eigenvalue weighted by Crippen LogP contribution is -2.28. The van der Waals surface area contributed by atoms with E-state index < -0.39 is 5.41 Å². The Morgan fingerprint density at radius 2 is 0.754 bits per heavy atom. The van der Waals surface area contributed by atoms with Crippen LogP contribution in [-0.2, 0) is 5.41 Å². The minimum absolute atomic E-state index is 0.405. The lowest BCUT2D eigenvalue weighted by Gasteiger charge is -2.34. The van der Waals surface area contributed by atoms with E-state index in [1.54, 1.807) is 0 Å². The molecule has 1 aromatic heterocycles. The van der Waals surface area contributed by atoms with Gasteiger partial charge in [0.1, 0.15) is 11.2 Å². The Balaban J connectivity index is 0.976. The molecule has 57 heavy (non-hydrogen) atoms. The van der Waals surface area contributed by atoms with E-state index >= 15 is 0 Å². The van der Waals surface area contributed by atoms with Gasteiger partial charge in [-0.25, -0.2) is 0 Å². The molecule has 0 N–H and O–H groups in total. The monoisotopic (exact) mass is 727 g/mol. The van der Waals surface area contributed by atoms with E-state index in [2.05, 4.69) is 229 Å². The highest BCUT2D eigenvalue weighted by atomic mass is 16.3. The van der Waals surface area contributed by atoms with Gasteiger partial charge in [-0.3, -0.25) is 0 Å². The third kappa shape index (κ3) is 5.33. The summed E-state index contributed by atoms with van der Waals surface area (Å²) in [5.41, 5.74) is 17.1. The van der Waals surface area contributed by atoms with Crippen LogP contribution in [0.4, 0.5) is 17.1 Å². The molecule has 0 atom stereocenters. The number of benzene rings is 9. The molecule has 9 aromatic carbocycles. The van der Waals surface area contributed by atoms with Crippen LogP contribution in [0, 0.1) is 0 Å². The molecule has 0 fully saturated rings. The van der Waals surface area contributed by atoms with Gasteiger partial charge in [-0.1, -0.05) is 170 Å². The van der Waals surface area contributed by atoms with E-state index in [9.17, 15) is 0 Å². The molecule has 2 nitrogen and oxygen atoms in total. The first kappa shape index (κ1) is 33.0. The Labute approximate surface area is 332 Å². The van der Waals surface area contributed by atoms with Gasteiger partial charge in [-0.15, -0.1) is 0 Å². The van der Waals surface area contributed by atoms with Crippen molar-refractivity contribution >= 4 is 39.0 Å². The van der Waals surface area contributed by atoms with Gasteiger partial charge in [0.25, 0.3) is 0 Å². The molecular formula is C55H37NO. The van der Waals surface area contributed by atoms with Crippen LogP contribution in [0.2, 0.25) is 0 Å². The third-order valence-corrected chi connectivity index (χ3v) is 11.8. The van der Waals surface area contributed by atoms with Crippen LogP contribution >= 0.6 is 0 Å². The lowest BCUT2D eigenvalue weighted by molar-refractivity contribution is 0.669. The molecule has 0 spiro atoms. The average molecular weight is 728 g/mol. The number of para-hydroxylation sites is 1. The summed E-state index contributed by atoms with van der Waals surface area (Å²) < 4.78 is 6.34. The van der Waals surface area contributed by atoms with Crippen molar-refractivity contribution in [2.45, 2.75) is 5.41 Å². The van der Waals surface area contributed by atoms with E-state index in [1.165, 1.54) is 55.6 Å². The Bertz CT molecular complexity index is 2990. The Morgan fingerprint density at radius 3 is 1.40 bits per heavy atom. The van der Waals surface area contributed by atoms with Crippen molar-refractivity contribution < 1.29 is 4.42 Å². The number of anilines is 3. The summed E-state index contributed by atoms with van der Waals surface area (Å²) >= 11 is 0. The van der Waals surface area contributed by atoms with Crippen LogP contribution in [0.3, 0.4) is 0 Å². The van der Waals surface area contributed by atoms with Crippen molar-refractivity contribution in [3.63, 3.8) is 0 Å². The molecule has 0 saturated heterocycles. The molecule has 0 saturated carbocycles. The second kappa shape index (κ2) is 13.4. The van der Waals surface area contributed by atoms with Crippen LogP contribution in [0.15, 0.2) is 229 Å². The van der Waals surface area contributed by atoms with Gasteiger partial charge in [0.2, 0.25) is 0 Å². The summed E-state index contributed by atoms with van der Waals surface area (Å²) in [5.74, 6) is 0. The summed E-state index contributed by atoms with van der Waals surface area (Å²) in [7, 11) is 0. The number of nitrogens with zero attached hydrogens (tertiary/aromatic N) is 1. The molecule has 1 aliphatic carbocycles. The number of rotatable bonds is 7. The molecule has 268 valence electrons. The Kier molecular flexibility index (Phi) is 7.75. The third-order valence-electron chi connectivity index (χ3n) is 11.8. The van der Waals surface area contributed by atoms with E-state index in [0.29, 0.717) is 0 Å². The fraction of sp³-hybridized carbons (Fsp3) is 0.0182. The van der Waals surface area contributed by atoms with Crippen LogP contribution in [0.1, 0.15) is 22.3 Å². The highest BCUT2D eigenvalue weighted by Gasteiger charge is 2.45. The molecule has 0 unspecified atom stereocenters. The molecule has 11 rings (SSSR count). The second-order valence-electron chi connectivity index (χ2n) is 14.9. The molecule has 2 heteroatoms. The maximum absolute atomic E-state index is 6.34. The van der Waals surface area contributed by atoms with E-state index in [4.69, 9.17) is 4.42 Å². The van der Waals surface area contributed by atoms with Gasteiger partial charge >= 0.3 is 0 Å². The molecule has 0 aliphatic heterocycles. The summed E-state index contributed by atoms with van der Waals surface area (Å²) in [6, 6.07) is 81.1. The maximum atomic E-state index is 6.34. The van der Waals surface area contributed by atoms with Crippen molar-refractivity contribution in [1.29, 1.82) is 0 Å². The van der Waals surface area contributed by atoms with Crippen LogP contribution in [-0.4, -0.2) is 0 Å². The quantitative estimate of drug-likeness (QED) is 0.163. The van der Waals surface area contributed by atoms with Crippen molar-refractivity contribution in [3.8, 4) is 33.4 Å². The first-order chi connectivity index (χ1) is 28.3. The SMILES string of the molecule is c1ccc(-c2ccc3oc4ccc(N(c5ccccc5)c5ccc(-c6ccc(C7(c8ccccc8)c8ccccc8-c8ccccc87)cc6)cc5)cc4c3c2)cc1. The number of hydrogen-bond acceptors (Lipinski definition) is 2. The molecular weight excluding hydrogens is 691 g/mol. The second-order valence-corrected chi connectivity index (χ2v) is 14.9. The fourth-order valence-electron chi connectivity index (χ4n) is 9.17. The lowest BCUT2D eigenvalue weighted by atomic mass is 9.67. The number of fused-ring (bicyclic) bond motifs is 6. The minimum atomic E-state index is -0.405. The highest BCUT2D eigenvalue weighted by Crippen LogP contribution is 2.56. The summed E-state index contributed by atoms with van der Waals surface area (Å²) in [6.07, 6.45) is 0. The molecule has 0 bridgehead atoms. The highest BCUT2D eigenvalue weighted by molar-refractivity contribution is 6.08. The van der Waals surface area contributed by atoms with E-state index in [0.717, 1.165) is 39.0 Å². The van der Waals surface area contributed by atoms with Gasteiger partial charge in [-0.2, -0.15) is 0 Å². The van der Waals surface area contributed by atoms with Gasteiger partial charge < -0.3 is 9.32 Å². The van der Waals surface area contributed by atoms with E-state index in [-0.39, 0.29) is 0 Å². The van der Waals surface area contributed by atoms with Crippen LogP contribution < -0.4 is 4.90 Å². The first-order valence-electron chi connectivity index (χ1n) is 19.6. The average Bonchev–Trinajstić information content (AvgIpc) is 3.81. The minimum Gasteiger partial charge on any atom is -0.456 e. The van der Waals surface area contributed by atoms with Gasteiger partial charge in [0.05, 0.1) is 5.41 Å². The zero-order chi connectivity index (χ0) is 37.8. The van der Waals surface area contributed by atoms with Gasteiger partial charge in [0, 0.05) is 27.8 Å². The summed E-state index contributed by atoms with van der Waals surface area (Å²) in [4.78, 5) is 2.32. The smallest absolute Gasteiger partial charge is 0.135 e. The van der Waals surface area contributed by atoms with Crippen molar-refractivity contribution in [3.05, 3.63) is 247 Å². The standard InChI is InChI=1S/C55H37NO/c1-4-14-38(15-5-1)41-28-34-53-49(36-41)50-37-46(33-35-54(50)57-53)56(44-18-8-3-9-19-44)45-31-26-40(27-32-45)39-24-29-43(30-25-39)55(42-16-6-2-7-17-42)51-22-12-10-20-47(51)48-21-11-13-23-52(48)55/h1-37H. The number of furan rings is 1. The Morgan fingerprint density at radius 1 is 0.316 bits per heavy atom.